The molecule has 6 heteroatoms. The highest BCUT2D eigenvalue weighted by atomic mass is 35.5. The lowest BCUT2D eigenvalue weighted by molar-refractivity contribution is 0.397. The van der Waals surface area contributed by atoms with Gasteiger partial charge in [0.2, 0.25) is 5.88 Å². The van der Waals surface area contributed by atoms with Gasteiger partial charge in [0.25, 0.3) is 0 Å². The minimum atomic E-state index is -1.32. The Kier molecular flexibility index (Phi) is 6.79. The van der Waals surface area contributed by atoms with E-state index in [0.717, 1.165) is 17.7 Å². The quantitative estimate of drug-likeness (QED) is 0.459. The first-order valence-corrected chi connectivity index (χ1v) is 8.09. The zero-order valence-electron chi connectivity index (χ0n) is 12.4. The molecule has 0 aromatic carbocycles. The lowest BCUT2D eigenvalue weighted by Gasteiger charge is -2.19. The summed E-state index contributed by atoms with van der Waals surface area (Å²) < 4.78 is 21.5. The predicted molar refractivity (Wildman–Crippen MR) is 85.2 cm³/mol. The number of pyridine rings is 1. The molecule has 0 amide bonds. The van der Waals surface area contributed by atoms with Crippen molar-refractivity contribution >= 4 is 28.7 Å². The molecule has 0 fully saturated rings. The van der Waals surface area contributed by atoms with Gasteiger partial charge in [0, 0.05) is 12.1 Å². The molecule has 0 radical (unpaired) electrons. The summed E-state index contributed by atoms with van der Waals surface area (Å²) in [6.07, 6.45) is 3.06. The van der Waals surface area contributed by atoms with Crippen LogP contribution in [0.1, 0.15) is 39.2 Å². The Hall–Kier alpha value is -0.780. The van der Waals surface area contributed by atoms with Crippen molar-refractivity contribution in [2.24, 2.45) is 4.40 Å². The summed E-state index contributed by atoms with van der Waals surface area (Å²) >= 11 is 4.44. The van der Waals surface area contributed by atoms with E-state index in [0.29, 0.717) is 18.2 Å². The molecule has 20 heavy (non-hydrogen) atoms. The molecule has 0 bridgehead atoms. The molecule has 1 aromatic heterocycles. The Balaban J connectivity index is 3.15. The summed E-state index contributed by atoms with van der Waals surface area (Å²) in [4.78, 5) is 4.16. The first-order valence-electron chi connectivity index (χ1n) is 6.45. The third-order valence-electron chi connectivity index (χ3n) is 2.54. The van der Waals surface area contributed by atoms with Gasteiger partial charge in [-0.15, -0.1) is 11.6 Å². The van der Waals surface area contributed by atoms with Crippen molar-refractivity contribution in [3.05, 3.63) is 23.9 Å². The van der Waals surface area contributed by atoms with Crippen molar-refractivity contribution in [3.8, 4) is 5.88 Å². The van der Waals surface area contributed by atoms with Gasteiger partial charge in [0.05, 0.1) is 12.7 Å². The zero-order valence-corrected chi connectivity index (χ0v) is 13.9. The molecule has 0 N–H and O–H groups in total. The van der Waals surface area contributed by atoms with Crippen molar-refractivity contribution in [1.82, 2.24) is 4.98 Å². The molecule has 112 valence electrons. The molecule has 1 atom stereocenters. The SMILES string of the molecule is COc1ncccc1C(CCCCl)=N[S+]([O-])C(C)(C)C. The fourth-order valence-corrected chi connectivity index (χ4v) is 2.27. The molecule has 0 aliphatic rings. The molecule has 0 saturated carbocycles. The maximum absolute atomic E-state index is 12.2. The van der Waals surface area contributed by atoms with Crippen LogP contribution in [-0.2, 0) is 11.4 Å². The van der Waals surface area contributed by atoms with Gasteiger partial charge in [0.15, 0.2) is 0 Å². The van der Waals surface area contributed by atoms with Gasteiger partial charge in [-0.2, -0.15) is 0 Å². The maximum Gasteiger partial charge on any atom is 0.222 e. The summed E-state index contributed by atoms with van der Waals surface area (Å²) in [7, 11) is 1.56. The molecule has 1 rings (SSSR count). The van der Waals surface area contributed by atoms with Crippen molar-refractivity contribution in [3.63, 3.8) is 0 Å². The average molecular weight is 317 g/mol. The zero-order chi connectivity index (χ0) is 15.2. The number of rotatable bonds is 6. The van der Waals surface area contributed by atoms with Crippen LogP contribution < -0.4 is 4.74 Å². The van der Waals surface area contributed by atoms with E-state index in [1.165, 1.54) is 0 Å². The Morgan fingerprint density at radius 3 is 2.75 bits per heavy atom. The molecule has 0 saturated heterocycles. The number of alkyl halides is 1. The number of methoxy groups -OCH3 is 1. The number of ether oxygens (including phenoxy) is 1. The average Bonchev–Trinajstić information content (AvgIpc) is 2.42. The van der Waals surface area contributed by atoms with Crippen LogP contribution >= 0.6 is 11.6 Å². The smallest absolute Gasteiger partial charge is 0.222 e. The molecule has 1 unspecified atom stereocenters. The Morgan fingerprint density at radius 1 is 1.50 bits per heavy atom. The fourth-order valence-electron chi connectivity index (χ4n) is 1.47. The van der Waals surface area contributed by atoms with E-state index in [4.69, 9.17) is 16.3 Å². The first-order chi connectivity index (χ1) is 9.40. The van der Waals surface area contributed by atoms with Gasteiger partial charge in [-0.1, -0.05) is 4.40 Å². The highest BCUT2D eigenvalue weighted by Gasteiger charge is 2.28. The van der Waals surface area contributed by atoms with Gasteiger partial charge in [-0.3, -0.25) is 0 Å². The fraction of sp³-hybridized carbons (Fsp3) is 0.571. The molecule has 1 heterocycles. The Bertz CT molecular complexity index is 461. The van der Waals surface area contributed by atoms with E-state index in [1.807, 2.05) is 32.9 Å². The van der Waals surface area contributed by atoms with E-state index in [1.54, 1.807) is 13.3 Å². The van der Waals surface area contributed by atoms with E-state index < -0.39 is 16.1 Å². The number of aromatic nitrogens is 1. The minimum absolute atomic E-state index is 0.401. The molecule has 0 aliphatic heterocycles. The normalized spacial score (nSPS) is 14.2. The second kappa shape index (κ2) is 7.86. The third kappa shape index (κ3) is 4.96. The molecule has 0 spiro atoms. The van der Waals surface area contributed by atoms with Crippen LogP contribution in [0, 0.1) is 0 Å². The lowest BCUT2D eigenvalue weighted by atomic mass is 10.1. The van der Waals surface area contributed by atoms with Gasteiger partial charge in [0.1, 0.15) is 21.8 Å². The largest absolute Gasteiger partial charge is 0.591 e. The van der Waals surface area contributed by atoms with Crippen LogP contribution in [0.2, 0.25) is 0 Å². The highest BCUT2D eigenvalue weighted by molar-refractivity contribution is 7.91. The van der Waals surface area contributed by atoms with Gasteiger partial charge in [-0.25, -0.2) is 4.98 Å². The third-order valence-corrected chi connectivity index (χ3v) is 4.24. The number of hydrogen-bond acceptors (Lipinski definition) is 4. The van der Waals surface area contributed by atoms with E-state index in [9.17, 15) is 4.55 Å². The highest BCUT2D eigenvalue weighted by Crippen LogP contribution is 2.23. The van der Waals surface area contributed by atoms with Crippen LogP contribution in [0.25, 0.3) is 0 Å². The number of halogens is 1. The Morgan fingerprint density at radius 2 is 2.20 bits per heavy atom. The summed E-state index contributed by atoms with van der Waals surface area (Å²) in [5.41, 5.74) is 1.50. The summed E-state index contributed by atoms with van der Waals surface area (Å²) in [5.74, 6) is 1.02. The minimum Gasteiger partial charge on any atom is -0.591 e. The summed E-state index contributed by atoms with van der Waals surface area (Å²) in [5, 5.41) is 0. The topological polar surface area (TPSA) is 57.5 Å². The summed E-state index contributed by atoms with van der Waals surface area (Å²) in [6.45, 7) is 5.69. The Labute approximate surface area is 128 Å². The van der Waals surface area contributed by atoms with Crippen LogP contribution in [0.3, 0.4) is 0 Å². The second-order valence-corrected chi connectivity index (χ2v) is 7.54. The van der Waals surface area contributed by atoms with Crippen LogP contribution in [0.15, 0.2) is 22.7 Å². The van der Waals surface area contributed by atoms with Crippen molar-refractivity contribution in [2.75, 3.05) is 13.0 Å². The van der Waals surface area contributed by atoms with E-state index >= 15 is 0 Å². The molecule has 1 aromatic rings. The number of hydrogen-bond donors (Lipinski definition) is 0. The molecular formula is C14H21ClN2O2S. The maximum atomic E-state index is 12.2. The first kappa shape index (κ1) is 17.3. The lowest BCUT2D eigenvalue weighted by Crippen LogP contribution is -2.27. The van der Waals surface area contributed by atoms with Crippen LogP contribution in [0.5, 0.6) is 5.88 Å². The van der Waals surface area contributed by atoms with Crippen molar-refractivity contribution in [1.29, 1.82) is 0 Å². The van der Waals surface area contributed by atoms with Gasteiger partial charge < -0.3 is 9.29 Å². The van der Waals surface area contributed by atoms with E-state index in [-0.39, 0.29) is 0 Å². The number of nitrogens with zero attached hydrogens (tertiary/aromatic N) is 2. The van der Waals surface area contributed by atoms with Crippen LogP contribution in [-0.4, -0.2) is 33.0 Å². The predicted octanol–water partition coefficient (Wildman–Crippen LogP) is 3.36. The standard InChI is InChI=1S/C14H21ClN2O2S/c1-14(2,3)20(18)17-12(8-5-9-15)11-7-6-10-16-13(11)19-4/h6-7,10H,5,8-9H2,1-4H3. The monoisotopic (exact) mass is 316 g/mol. The second-order valence-electron chi connectivity index (χ2n) is 5.25. The molecular weight excluding hydrogens is 296 g/mol. The van der Waals surface area contributed by atoms with Crippen molar-refractivity contribution in [2.45, 2.75) is 38.4 Å². The molecule has 0 aliphatic carbocycles. The van der Waals surface area contributed by atoms with Gasteiger partial charge >= 0.3 is 0 Å². The van der Waals surface area contributed by atoms with Crippen molar-refractivity contribution < 1.29 is 9.29 Å². The van der Waals surface area contributed by atoms with Crippen LogP contribution in [0.4, 0.5) is 0 Å². The van der Waals surface area contributed by atoms with E-state index in [2.05, 4.69) is 9.38 Å². The summed E-state index contributed by atoms with van der Waals surface area (Å²) in [6, 6.07) is 3.69. The molecule has 4 nitrogen and oxygen atoms in total. The van der Waals surface area contributed by atoms with Gasteiger partial charge in [-0.05, 0) is 45.7 Å².